The van der Waals surface area contributed by atoms with Crippen molar-refractivity contribution in [3.05, 3.63) is 11.2 Å². The number of halogens is 1. The van der Waals surface area contributed by atoms with Gasteiger partial charge in [-0.1, -0.05) is 58.0 Å². The molecule has 168 valence electrons. The molecule has 0 saturated carbocycles. The Balaban J connectivity index is 1.97. The van der Waals surface area contributed by atoms with E-state index >= 15 is 0 Å². The minimum atomic E-state index is -0.395. The van der Waals surface area contributed by atoms with Crippen LogP contribution in [0.1, 0.15) is 48.0 Å². The standard InChI is InChI=1S/C21H34ClN5O2S/c1-14(2)7-8-23-18(28)13-30-20-24-16(22)11-17(25-20)26-9-10-27(15(3)12-26)19(29)21(4,5)6/h11,14-15H,7-10,12-13H2,1-6H3,(H,23,28). The number of carbonyl (C=O) groups is 2. The fourth-order valence-corrected chi connectivity index (χ4v) is 4.10. The number of piperazine rings is 1. The second-order valence-electron chi connectivity index (χ2n) is 9.20. The van der Waals surface area contributed by atoms with E-state index in [-0.39, 0.29) is 23.6 Å². The highest BCUT2D eigenvalue weighted by atomic mass is 35.5. The van der Waals surface area contributed by atoms with Gasteiger partial charge in [-0.25, -0.2) is 9.97 Å². The number of rotatable bonds is 7. The molecule has 9 heteroatoms. The molecule has 1 aliphatic rings. The first-order chi connectivity index (χ1) is 14.0. The Morgan fingerprint density at radius 2 is 2.00 bits per heavy atom. The Morgan fingerprint density at radius 3 is 2.60 bits per heavy atom. The SMILES string of the molecule is CC(C)CCNC(=O)CSc1nc(Cl)cc(N2CCN(C(=O)C(C)(C)C)C(C)C2)n1. The Kier molecular flexibility index (Phi) is 8.79. The molecule has 1 atom stereocenters. The van der Waals surface area contributed by atoms with Crippen molar-refractivity contribution in [1.29, 1.82) is 0 Å². The summed E-state index contributed by atoms with van der Waals surface area (Å²) in [6.45, 7) is 14.8. The fraction of sp³-hybridized carbons (Fsp3) is 0.714. The van der Waals surface area contributed by atoms with E-state index in [1.165, 1.54) is 11.8 Å². The predicted molar refractivity (Wildman–Crippen MR) is 123 cm³/mol. The van der Waals surface area contributed by atoms with Gasteiger partial charge in [-0.15, -0.1) is 0 Å². The fourth-order valence-electron chi connectivity index (χ4n) is 3.19. The topological polar surface area (TPSA) is 78.4 Å². The number of amides is 2. The van der Waals surface area contributed by atoms with Crippen LogP contribution < -0.4 is 10.2 Å². The van der Waals surface area contributed by atoms with Crippen molar-refractivity contribution in [2.75, 3.05) is 36.8 Å². The zero-order valence-electron chi connectivity index (χ0n) is 18.9. The molecule has 2 amide bonds. The van der Waals surface area contributed by atoms with Crippen LogP contribution in [-0.2, 0) is 9.59 Å². The van der Waals surface area contributed by atoms with E-state index in [9.17, 15) is 9.59 Å². The van der Waals surface area contributed by atoms with Crippen molar-refractivity contribution < 1.29 is 9.59 Å². The Morgan fingerprint density at radius 1 is 1.30 bits per heavy atom. The Labute approximate surface area is 189 Å². The summed E-state index contributed by atoms with van der Waals surface area (Å²) in [4.78, 5) is 37.6. The van der Waals surface area contributed by atoms with Gasteiger partial charge in [0.15, 0.2) is 5.16 Å². The average Bonchev–Trinajstić information content (AvgIpc) is 2.64. The van der Waals surface area contributed by atoms with Gasteiger partial charge in [-0.3, -0.25) is 9.59 Å². The molecule has 1 aliphatic heterocycles. The maximum atomic E-state index is 12.7. The lowest BCUT2D eigenvalue weighted by Gasteiger charge is -2.42. The Bertz CT molecular complexity index is 753. The van der Waals surface area contributed by atoms with Gasteiger partial charge >= 0.3 is 0 Å². The third kappa shape index (κ3) is 7.30. The third-order valence-electron chi connectivity index (χ3n) is 4.89. The number of hydrogen-bond acceptors (Lipinski definition) is 6. The lowest BCUT2D eigenvalue weighted by atomic mass is 9.93. The van der Waals surface area contributed by atoms with Gasteiger partial charge in [0.2, 0.25) is 11.8 Å². The largest absolute Gasteiger partial charge is 0.355 e. The summed E-state index contributed by atoms with van der Waals surface area (Å²) in [5, 5.41) is 3.75. The van der Waals surface area contributed by atoms with Crippen molar-refractivity contribution in [3.63, 3.8) is 0 Å². The van der Waals surface area contributed by atoms with Crippen LogP contribution in [0.2, 0.25) is 5.15 Å². The third-order valence-corrected chi connectivity index (χ3v) is 5.93. The number of nitrogens with zero attached hydrogens (tertiary/aromatic N) is 4. The lowest BCUT2D eigenvalue weighted by molar-refractivity contribution is -0.142. The van der Waals surface area contributed by atoms with E-state index in [0.717, 1.165) is 12.2 Å². The number of nitrogens with one attached hydrogen (secondary N) is 1. The molecule has 0 radical (unpaired) electrons. The van der Waals surface area contributed by atoms with E-state index in [0.29, 0.717) is 42.4 Å². The summed E-state index contributed by atoms with van der Waals surface area (Å²) < 4.78 is 0. The highest BCUT2D eigenvalue weighted by molar-refractivity contribution is 7.99. The number of anilines is 1. The van der Waals surface area contributed by atoms with E-state index in [4.69, 9.17) is 11.6 Å². The maximum Gasteiger partial charge on any atom is 0.230 e. The van der Waals surface area contributed by atoms with Crippen LogP contribution in [-0.4, -0.2) is 64.7 Å². The number of carbonyl (C=O) groups excluding carboxylic acids is 2. The zero-order chi connectivity index (χ0) is 22.5. The summed E-state index contributed by atoms with van der Waals surface area (Å²) in [6.07, 6.45) is 0.954. The molecule has 1 N–H and O–H groups in total. The van der Waals surface area contributed by atoms with Crippen molar-refractivity contribution in [2.45, 2.75) is 59.2 Å². The van der Waals surface area contributed by atoms with E-state index in [2.05, 4.69) is 41.0 Å². The molecule has 0 aromatic carbocycles. The second-order valence-corrected chi connectivity index (χ2v) is 10.5. The minimum absolute atomic E-state index is 0.0336. The van der Waals surface area contributed by atoms with Crippen molar-refractivity contribution >= 4 is 41.0 Å². The van der Waals surface area contributed by atoms with Gasteiger partial charge in [0.05, 0.1) is 5.75 Å². The van der Waals surface area contributed by atoms with Crippen LogP contribution in [0.25, 0.3) is 0 Å². The van der Waals surface area contributed by atoms with Gasteiger partial charge in [0.25, 0.3) is 0 Å². The van der Waals surface area contributed by atoms with Gasteiger partial charge in [0.1, 0.15) is 11.0 Å². The molecule has 2 heterocycles. The highest BCUT2D eigenvalue weighted by Gasteiger charge is 2.34. The second kappa shape index (κ2) is 10.7. The van der Waals surface area contributed by atoms with E-state index in [1.54, 1.807) is 6.07 Å². The molecular formula is C21H34ClN5O2S. The summed E-state index contributed by atoms with van der Waals surface area (Å²) in [7, 11) is 0. The quantitative estimate of drug-likeness (QED) is 0.385. The van der Waals surface area contributed by atoms with Crippen molar-refractivity contribution in [2.24, 2.45) is 11.3 Å². The molecule has 1 unspecified atom stereocenters. The molecule has 7 nitrogen and oxygen atoms in total. The molecule has 1 saturated heterocycles. The molecule has 1 fully saturated rings. The van der Waals surface area contributed by atoms with Crippen LogP contribution in [0.3, 0.4) is 0 Å². The first-order valence-electron chi connectivity index (χ1n) is 10.5. The van der Waals surface area contributed by atoms with Crippen LogP contribution in [0.4, 0.5) is 5.82 Å². The highest BCUT2D eigenvalue weighted by Crippen LogP contribution is 2.26. The molecule has 0 aliphatic carbocycles. The smallest absolute Gasteiger partial charge is 0.230 e. The van der Waals surface area contributed by atoms with E-state index < -0.39 is 5.41 Å². The van der Waals surface area contributed by atoms with Crippen LogP contribution >= 0.6 is 23.4 Å². The number of aromatic nitrogens is 2. The van der Waals surface area contributed by atoms with Crippen LogP contribution in [0.15, 0.2) is 11.2 Å². The summed E-state index contributed by atoms with van der Waals surface area (Å²) in [6, 6.07) is 1.81. The normalized spacial score (nSPS) is 17.4. The summed E-state index contributed by atoms with van der Waals surface area (Å²) in [5.74, 6) is 1.66. The van der Waals surface area contributed by atoms with E-state index in [1.807, 2.05) is 25.7 Å². The van der Waals surface area contributed by atoms with Gasteiger partial charge in [0, 0.05) is 43.7 Å². The zero-order valence-corrected chi connectivity index (χ0v) is 20.4. The molecule has 1 aromatic rings. The molecular weight excluding hydrogens is 422 g/mol. The monoisotopic (exact) mass is 455 g/mol. The minimum Gasteiger partial charge on any atom is -0.355 e. The number of hydrogen-bond donors (Lipinski definition) is 1. The van der Waals surface area contributed by atoms with Crippen LogP contribution in [0, 0.1) is 11.3 Å². The van der Waals surface area contributed by atoms with Gasteiger partial charge in [-0.05, 0) is 19.3 Å². The van der Waals surface area contributed by atoms with Gasteiger partial charge in [-0.2, -0.15) is 0 Å². The molecule has 2 rings (SSSR count). The first-order valence-corrected chi connectivity index (χ1v) is 11.8. The maximum absolute atomic E-state index is 12.7. The molecule has 30 heavy (non-hydrogen) atoms. The van der Waals surface area contributed by atoms with Gasteiger partial charge < -0.3 is 15.1 Å². The van der Waals surface area contributed by atoms with Crippen LogP contribution in [0.5, 0.6) is 0 Å². The molecule has 0 spiro atoms. The lowest BCUT2D eigenvalue weighted by Crippen LogP contribution is -2.56. The summed E-state index contributed by atoms with van der Waals surface area (Å²) >= 11 is 7.50. The molecule has 0 bridgehead atoms. The average molecular weight is 456 g/mol. The first kappa shape index (κ1) is 24.7. The summed E-state index contributed by atoms with van der Waals surface area (Å²) in [5.41, 5.74) is -0.395. The molecule has 1 aromatic heterocycles. The van der Waals surface area contributed by atoms with Crippen molar-refractivity contribution in [3.8, 4) is 0 Å². The number of thioether (sulfide) groups is 1. The Hall–Kier alpha value is -1.54. The predicted octanol–water partition coefficient (Wildman–Crippen LogP) is 3.47. The van der Waals surface area contributed by atoms with Crippen molar-refractivity contribution in [1.82, 2.24) is 20.2 Å².